The number of benzene rings is 1. The third kappa shape index (κ3) is 2.61. The van der Waals surface area contributed by atoms with Crippen molar-refractivity contribution in [3.8, 4) is 0 Å². The van der Waals surface area contributed by atoms with Gasteiger partial charge in [0.15, 0.2) is 0 Å². The van der Waals surface area contributed by atoms with Gasteiger partial charge in [-0.1, -0.05) is 18.2 Å². The van der Waals surface area contributed by atoms with Crippen LogP contribution in [0.3, 0.4) is 0 Å². The van der Waals surface area contributed by atoms with Gasteiger partial charge in [0.05, 0.1) is 6.10 Å². The van der Waals surface area contributed by atoms with Crippen LogP contribution >= 0.6 is 0 Å². The van der Waals surface area contributed by atoms with Crippen LogP contribution in [0.2, 0.25) is 0 Å². The van der Waals surface area contributed by atoms with Crippen molar-refractivity contribution in [2.75, 3.05) is 18.5 Å². The zero-order chi connectivity index (χ0) is 12.4. The van der Waals surface area contributed by atoms with E-state index in [1.807, 2.05) is 0 Å². The van der Waals surface area contributed by atoms with Crippen molar-refractivity contribution in [3.05, 3.63) is 29.3 Å². The van der Waals surface area contributed by atoms with Gasteiger partial charge in [0.25, 0.3) is 0 Å². The summed E-state index contributed by atoms with van der Waals surface area (Å²) in [5.74, 6) is 0.625. The lowest BCUT2D eigenvalue weighted by atomic mass is 9.82. The fourth-order valence-electron chi connectivity index (χ4n) is 2.76. The average Bonchev–Trinajstić information content (AvgIpc) is 2.26. The van der Waals surface area contributed by atoms with Crippen LogP contribution in [0.4, 0.5) is 5.69 Å². The number of para-hydroxylation sites is 1. The predicted octanol–water partition coefficient (Wildman–Crippen LogP) is 1.66. The highest BCUT2D eigenvalue weighted by Crippen LogP contribution is 2.31. The summed E-state index contributed by atoms with van der Waals surface area (Å²) < 4.78 is 0. The van der Waals surface area contributed by atoms with Gasteiger partial charge in [0.2, 0.25) is 0 Å². The van der Waals surface area contributed by atoms with Crippen molar-refractivity contribution in [1.29, 1.82) is 0 Å². The molecule has 1 saturated carbocycles. The minimum atomic E-state index is -0.0701. The number of nitrogens with zero attached hydrogens (tertiary/aromatic N) is 1. The largest absolute Gasteiger partial charge is 0.393 e. The second kappa shape index (κ2) is 5.07. The molecule has 0 radical (unpaired) electrons. The Kier molecular flexibility index (Phi) is 3.69. The van der Waals surface area contributed by atoms with E-state index in [1.165, 1.54) is 16.8 Å². The molecule has 1 aliphatic rings. The Morgan fingerprint density at radius 2 is 2.12 bits per heavy atom. The van der Waals surface area contributed by atoms with E-state index in [0.717, 1.165) is 19.4 Å². The first-order chi connectivity index (χ1) is 8.11. The van der Waals surface area contributed by atoms with Crippen molar-refractivity contribution in [2.24, 2.45) is 11.7 Å². The number of aliphatic hydroxyl groups excluding tert-OH is 1. The van der Waals surface area contributed by atoms with Crippen LogP contribution in [0.5, 0.6) is 0 Å². The van der Waals surface area contributed by atoms with Gasteiger partial charge in [-0.3, -0.25) is 0 Å². The summed E-state index contributed by atoms with van der Waals surface area (Å²) in [5, 5.41) is 9.32. The highest BCUT2D eigenvalue weighted by molar-refractivity contribution is 5.58. The van der Waals surface area contributed by atoms with Crippen LogP contribution in [0.15, 0.2) is 18.2 Å². The van der Waals surface area contributed by atoms with Gasteiger partial charge in [-0.15, -0.1) is 0 Å². The van der Waals surface area contributed by atoms with Crippen molar-refractivity contribution in [3.63, 3.8) is 0 Å². The van der Waals surface area contributed by atoms with Gasteiger partial charge in [-0.2, -0.15) is 0 Å². The van der Waals surface area contributed by atoms with E-state index in [2.05, 4.69) is 37.1 Å². The Labute approximate surface area is 103 Å². The first-order valence-electron chi connectivity index (χ1n) is 6.29. The molecule has 3 N–H and O–H groups in total. The number of anilines is 1. The summed E-state index contributed by atoms with van der Waals surface area (Å²) in [7, 11) is 2.12. The number of hydrogen-bond donors (Lipinski definition) is 2. The molecule has 0 aromatic heterocycles. The Morgan fingerprint density at radius 3 is 2.71 bits per heavy atom. The van der Waals surface area contributed by atoms with E-state index in [1.54, 1.807) is 0 Å². The Morgan fingerprint density at radius 1 is 1.41 bits per heavy atom. The summed E-state index contributed by atoms with van der Waals surface area (Å²) in [6.07, 6.45) is 1.81. The van der Waals surface area contributed by atoms with Crippen molar-refractivity contribution >= 4 is 5.69 Å². The van der Waals surface area contributed by atoms with E-state index >= 15 is 0 Å². The number of hydrogen-bond acceptors (Lipinski definition) is 3. The lowest BCUT2D eigenvalue weighted by Crippen LogP contribution is -2.37. The first kappa shape index (κ1) is 12.4. The summed E-state index contributed by atoms with van der Waals surface area (Å²) >= 11 is 0. The highest BCUT2D eigenvalue weighted by Gasteiger charge is 2.28. The average molecular weight is 234 g/mol. The van der Waals surface area contributed by atoms with Crippen LogP contribution < -0.4 is 10.6 Å². The minimum Gasteiger partial charge on any atom is -0.393 e. The molecule has 3 nitrogen and oxygen atoms in total. The monoisotopic (exact) mass is 234 g/mol. The standard InChI is InChI=1S/C14H22N2O/c1-10-4-3-5-12(8-15)14(10)16(2)9-11-6-13(17)7-11/h3-5,11,13,17H,6-9,15H2,1-2H3. The van der Waals surface area contributed by atoms with E-state index in [0.29, 0.717) is 12.5 Å². The van der Waals surface area contributed by atoms with Crippen LogP contribution in [-0.4, -0.2) is 24.8 Å². The fraction of sp³-hybridized carbons (Fsp3) is 0.571. The zero-order valence-electron chi connectivity index (χ0n) is 10.7. The molecule has 1 aromatic carbocycles. The summed E-state index contributed by atoms with van der Waals surface area (Å²) in [4.78, 5) is 2.29. The predicted molar refractivity (Wildman–Crippen MR) is 71.1 cm³/mol. The Hall–Kier alpha value is -1.06. The van der Waals surface area contributed by atoms with Crippen LogP contribution in [-0.2, 0) is 6.54 Å². The third-order valence-corrected chi connectivity index (χ3v) is 3.67. The molecule has 0 unspecified atom stereocenters. The molecule has 17 heavy (non-hydrogen) atoms. The van der Waals surface area contributed by atoms with Gasteiger partial charge in [0, 0.05) is 25.8 Å². The molecular weight excluding hydrogens is 212 g/mol. The number of aryl methyl sites for hydroxylation is 1. The number of rotatable bonds is 4. The van der Waals surface area contributed by atoms with Gasteiger partial charge in [-0.05, 0) is 36.8 Å². The molecule has 0 heterocycles. The lowest BCUT2D eigenvalue weighted by Gasteiger charge is -2.36. The maximum absolute atomic E-state index is 9.32. The van der Waals surface area contributed by atoms with E-state index in [9.17, 15) is 5.11 Å². The summed E-state index contributed by atoms with van der Waals surface area (Å²) in [5.41, 5.74) is 9.53. The second-order valence-electron chi connectivity index (χ2n) is 5.16. The molecule has 3 heteroatoms. The number of nitrogens with two attached hydrogens (primary N) is 1. The minimum absolute atomic E-state index is 0.0701. The molecular formula is C14H22N2O. The molecule has 1 aromatic rings. The topological polar surface area (TPSA) is 49.5 Å². The molecule has 1 fully saturated rings. The van der Waals surface area contributed by atoms with E-state index in [-0.39, 0.29) is 6.10 Å². The normalized spacial score (nSPS) is 23.3. The smallest absolute Gasteiger partial charge is 0.0546 e. The van der Waals surface area contributed by atoms with Crippen molar-refractivity contribution in [1.82, 2.24) is 0 Å². The zero-order valence-corrected chi connectivity index (χ0v) is 10.7. The maximum Gasteiger partial charge on any atom is 0.0546 e. The molecule has 0 bridgehead atoms. The van der Waals surface area contributed by atoms with E-state index in [4.69, 9.17) is 5.73 Å². The summed E-state index contributed by atoms with van der Waals surface area (Å²) in [6.45, 7) is 3.71. The van der Waals surface area contributed by atoms with Crippen molar-refractivity contribution in [2.45, 2.75) is 32.4 Å². The molecule has 1 aliphatic carbocycles. The van der Waals surface area contributed by atoms with Gasteiger partial charge in [0.1, 0.15) is 0 Å². The fourth-order valence-corrected chi connectivity index (χ4v) is 2.76. The maximum atomic E-state index is 9.32. The van der Waals surface area contributed by atoms with E-state index < -0.39 is 0 Å². The highest BCUT2D eigenvalue weighted by atomic mass is 16.3. The van der Waals surface area contributed by atoms with Crippen LogP contribution in [0, 0.1) is 12.8 Å². The SMILES string of the molecule is Cc1cccc(CN)c1N(C)CC1CC(O)C1. The molecule has 94 valence electrons. The van der Waals surface area contributed by atoms with Gasteiger partial charge >= 0.3 is 0 Å². The second-order valence-corrected chi connectivity index (χ2v) is 5.16. The Balaban J connectivity index is 2.10. The molecule has 0 saturated heterocycles. The van der Waals surface area contributed by atoms with Gasteiger partial charge < -0.3 is 15.7 Å². The summed E-state index contributed by atoms with van der Waals surface area (Å²) in [6, 6.07) is 6.27. The third-order valence-electron chi connectivity index (χ3n) is 3.67. The number of aliphatic hydroxyl groups is 1. The molecule has 2 rings (SSSR count). The Bertz CT molecular complexity index is 386. The molecule has 0 spiro atoms. The molecule has 0 atom stereocenters. The molecule has 0 aliphatic heterocycles. The first-order valence-corrected chi connectivity index (χ1v) is 6.29. The van der Waals surface area contributed by atoms with Gasteiger partial charge in [-0.25, -0.2) is 0 Å². The van der Waals surface area contributed by atoms with Crippen LogP contribution in [0.1, 0.15) is 24.0 Å². The van der Waals surface area contributed by atoms with Crippen LogP contribution in [0.25, 0.3) is 0 Å². The lowest BCUT2D eigenvalue weighted by molar-refractivity contribution is 0.0464. The van der Waals surface area contributed by atoms with Crippen molar-refractivity contribution < 1.29 is 5.11 Å². The molecule has 0 amide bonds. The quantitative estimate of drug-likeness (QED) is 0.833.